The van der Waals surface area contributed by atoms with Crippen LogP contribution in [0.1, 0.15) is 13.3 Å². The summed E-state index contributed by atoms with van der Waals surface area (Å²) in [6.07, 6.45) is 2.94. The van der Waals surface area contributed by atoms with Gasteiger partial charge in [-0.3, -0.25) is 4.99 Å². The standard InChI is InChI=1S/C6H14N2S/c1-3-6(7)8-4-5-9-2/h3-5H2,1-2H3,(H2,7,8). The van der Waals surface area contributed by atoms with Gasteiger partial charge in [-0.2, -0.15) is 11.8 Å². The summed E-state index contributed by atoms with van der Waals surface area (Å²) in [5, 5.41) is 0. The van der Waals surface area contributed by atoms with Crippen molar-refractivity contribution in [1.82, 2.24) is 0 Å². The number of amidine groups is 1. The van der Waals surface area contributed by atoms with Gasteiger partial charge in [0.05, 0.1) is 5.84 Å². The van der Waals surface area contributed by atoms with Crippen LogP contribution in [0, 0.1) is 0 Å². The van der Waals surface area contributed by atoms with Crippen molar-refractivity contribution in [3.63, 3.8) is 0 Å². The van der Waals surface area contributed by atoms with Crippen LogP contribution in [-0.2, 0) is 0 Å². The van der Waals surface area contributed by atoms with E-state index in [4.69, 9.17) is 5.73 Å². The van der Waals surface area contributed by atoms with Crippen LogP contribution in [0.3, 0.4) is 0 Å². The van der Waals surface area contributed by atoms with Crippen LogP contribution in [-0.4, -0.2) is 24.4 Å². The van der Waals surface area contributed by atoms with Crippen molar-refractivity contribution in [3.05, 3.63) is 0 Å². The first-order chi connectivity index (χ1) is 4.31. The van der Waals surface area contributed by atoms with E-state index in [1.165, 1.54) is 0 Å². The van der Waals surface area contributed by atoms with Crippen LogP contribution in [0.15, 0.2) is 4.99 Å². The molecule has 0 aromatic carbocycles. The lowest BCUT2D eigenvalue weighted by molar-refractivity contribution is 1.10. The van der Waals surface area contributed by atoms with Crippen molar-refractivity contribution >= 4 is 17.6 Å². The Morgan fingerprint density at radius 2 is 2.33 bits per heavy atom. The third-order valence-corrected chi connectivity index (χ3v) is 1.56. The molecule has 0 rings (SSSR count). The number of nitrogens with two attached hydrogens (primary N) is 1. The van der Waals surface area contributed by atoms with Crippen LogP contribution in [0.5, 0.6) is 0 Å². The maximum Gasteiger partial charge on any atom is 0.0934 e. The van der Waals surface area contributed by atoms with E-state index < -0.39 is 0 Å². The lowest BCUT2D eigenvalue weighted by atomic mass is 10.4. The summed E-state index contributed by atoms with van der Waals surface area (Å²) in [4.78, 5) is 4.11. The smallest absolute Gasteiger partial charge is 0.0934 e. The van der Waals surface area contributed by atoms with Gasteiger partial charge < -0.3 is 5.73 Å². The molecule has 9 heavy (non-hydrogen) atoms. The fraction of sp³-hybridized carbons (Fsp3) is 0.833. The maximum absolute atomic E-state index is 5.45. The molecule has 0 aliphatic rings. The van der Waals surface area contributed by atoms with Crippen molar-refractivity contribution in [2.24, 2.45) is 10.7 Å². The summed E-state index contributed by atoms with van der Waals surface area (Å²) in [6, 6.07) is 0. The topological polar surface area (TPSA) is 38.4 Å². The quantitative estimate of drug-likeness (QED) is 0.366. The third kappa shape index (κ3) is 5.69. The Bertz CT molecular complexity index is 91.1. The van der Waals surface area contributed by atoms with E-state index in [-0.39, 0.29) is 0 Å². The molecule has 2 N–H and O–H groups in total. The van der Waals surface area contributed by atoms with Crippen molar-refractivity contribution in [2.45, 2.75) is 13.3 Å². The molecule has 0 radical (unpaired) electrons. The second kappa shape index (κ2) is 5.95. The van der Waals surface area contributed by atoms with E-state index in [0.717, 1.165) is 24.6 Å². The molecular formula is C6H14N2S. The van der Waals surface area contributed by atoms with Gasteiger partial charge in [-0.25, -0.2) is 0 Å². The highest BCUT2D eigenvalue weighted by atomic mass is 32.2. The minimum Gasteiger partial charge on any atom is -0.387 e. The number of hydrogen-bond donors (Lipinski definition) is 1. The molecule has 0 aromatic rings. The number of aliphatic imine (C=N–C) groups is 1. The van der Waals surface area contributed by atoms with Crippen LogP contribution < -0.4 is 5.73 Å². The Morgan fingerprint density at radius 1 is 1.67 bits per heavy atom. The van der Waals surface area contributed by atoms with Gasteiger partial charge in [-0.1, -0.05) is 6.92 Å². The first kappa shape index (κ1) is 8.82. The molecule has 0 unspecified atom stereocenters. The molecule has 54 valence electrons. The Kier molecular flexibility index (Phi) is 5.83. The molecule has 0 aromatic heterocycles. The summed E-state index contributed by atoms with van der Waals surface area (Å²) >= 11 is 1.79. The fourth-order valence-electron chi connectivity index (χ4n) is 0.392. The van der Waals surface area contributed by atoms with Crippen molar-refractivity contribution < 1.29 is 0 Å². The van der Waals surface area contributed by atoms with Gasteiger partial charge in [-0.15, -0.1) is 0 Å². The molecule has 0 spiro atoms. The van der Waals surface area contributed by atoms with Crippen LogP contribution in [0.25, 0.3) is 0 Å². The lowest BCUT2D eigenvalue weighted by Gasteiger charge is -1.93. The van der Waals surface area contributed by atoms with Gasteiger partial charge in [0.1, 0.15) is 0 Å². The van der Waals surface area contributed by atoms with Crippen molar-refractivity contribution in [1.29, 1.82) is 0 Å². The zero-order valence-corrected chi connectivity index (χ0v) is 6.87. The van der Waals surface area contributed by atoms with Crippen LogP contribution in [0.4, 0.5) is 0 Å². The molecule has 0 saturated heterocycles. The molecule has 0 amide bonds. The summed E-state index contributed by atoms with van der Waals surface area (Å²) in [6.45, 7) is 2.87. The second-order valence-corrected chi connectivity index (χ2v) is 2.71. The molecule has 0 bridgehead atoms. The Hall–Kier alpha value is -0.180. The first-order valence-electron chi connectivity index (χ1n) is 3.09. The van der Waals surface area contributed by atoms with E-state index in [1.807, 2.05) is 6.92 Å². The second-order valence-electron chi connectivity index (χ2n) is 1.72. The van der Waals surface area contributed by atoms with Gasteiger partial charge >= 0.3 is 0 Å². The molecule has 0 heterocycles. The SMILES string of the molecule is CCC(N)=NCCSC. The van der Waals surface area contributed by atoms with Gasteiger partial charge in [0, 0.05) is 18.7 Å². The molecule has 0 aliphatic heterocycles. The summed E-state index contributed by atoms with van der Waals surface area (Å²) in [5.74, 6) is 1.84. The van der Waals surface area contributed by atoms with Gasteiger partial charge in [0.15, 0.2) is 0 Å². The zero-order valence-electron chi connectivity index (χ0n) is 6.05. The molecular weight excluding hydrogens is 132 g/mol. The normalized spacial score (nSPS) is 12.0. The minimum atomic E-state index is 0.768. The van der Waals surface area contributed by atoms with Gasteiger partial charge in [0.25, 0.3) is 0 Å². The average molecular weight is 146 g/mol. The number of nitrogens with zero attached hydrogens (tertiary/aromatic N) is 1. The van der Waals surface area contributed by atoms with Crippen LogP contribution in [0.2, 0.25) is 0 Å². The largest absolute Gasteiger partial charge is 0.387 e. The monoisotopic (exact) mass is 146 g/mol. The van der Waals surface area contributed by atoms with E-state index in [9.17, 15) is 0 Å². The highest BCUT2D eigenvalue weighted by molar-refractivity contribution is 7.98. The van der Waals surface area contributed by atoms with Crippen molar-refractivity contribution in [2.75, 3.05) is 18.6 Å². The van der Waals surface area contributed by atoms with Gasteiger partial charge in [0.2, 0.25) is 0 Å². The first-order valence-corrected chi connectivity index (χ1v) is 4.48. The molecule has 0 fully saturated rings. The summed E-state index contributed by atoms with van der Waals surface area (Å²) in [5.41, 5.74) is 5.45. The Morgan fingerprint density at radius 3 is 2.78 bits per heavy atom. The Balaban J connectivity index is 3.21. The molecule has 0 aliphatic carbocycles. The maximum atomic E-state index is 5.45. The highest BCUT2D eigenvalue weighted by Gasteiger charge is 1.83. The van der Waals surface area contributed by atoms with Gasteiger partial charge in [-0.05, 0) is 6.26 Å². The van der Waals surface area contributed by atoms with Crippen LogP contribution >= 0.6 is 11.8 Å². The van der Waals surface area contributed by atoms with E-state index in [1.54, 1.807) is 11.8 Å². The molecule has 0 atom stereocenters. The molecule has 0 saturated carbocycles. The average Bonchev–Trinajstić information content (AvgIpc) is 1.89. The van der Waals surface area contributed by atoms with E-state index in [2.05, 4.69) is 11.2 Å². The number of rotatable bonds is 4. The minimum absolute atomic E-state index is 0.768. The number of thioether (sulfide) groups is 1. The third-order valence-electron chi connectivity index (χ3n) is 0.973. The number of hydrogen-bond acceptors (Lipinski definition) is 2. The van der Waals surface area contributed by atoms with E-state index in [0.29, 0.717) is 0 Å². The van der Waals surface area contributed by atoms with Crippen molar-refractivity contribution in [3.8, 4) is 0 Å². The lowest BCUT2D eigenvalue weighted by Crippen LogP contribution is -2.10. The zero-order chi connectivity index (χ0) is 7.11. The highest BCUT2D eigenvalue weighted by Crippen LogP contribution is 1.90. The summed E-state index contributed by atoms with van der Waals surface area (Å²) < 4.78 is 0. The molecule has 2 nitrogen and oxygen atoms in total. The predicted octanol–water partition coefficient (Wildman–Crippen LogP) is 1.12. The fourth-order valence-corrected chi connectivity index (χ4v) is 0.666. The van der Waals surface area contributed by atoms with E-state index >= 15 is 0 Å². The Labute approximate surface area is 60.9 Å². The summed E-state index contributed by atoms with van der Waals surface area (Å²) in [7, 11) is 0. The molecule has 3 heteroatoms. The predicted molar refractivity (Wildman–Crippen MR) is 45.2 cm³/mol.